The maximum absolute atomic E-state index is 14.6. The van der Waals surface area contributed by atoms with Crippen LogP contribution in [0.5, 0.6) is 5.75 Å². The van der Waals surface area contributed by atoms with Gasteiger partial charge in [0, 0.05) is 6.20 Å². The summed E-state index contributed by atoms with van der Waals surface area (Å²) < 4.78 is 35.3. The van der Waals surface area contributed by atoms with Crippen molar-refractivity contribution in [1.82, 2.24) is 14.6 Å². The first kappa shape index (κ1) is 18.1. The van der Waals surface area contributed by atoms with E-state index in [4.69, 9.17) is 10.5 Å². The average molecular weight is 400 g/mol. The standard InChI is InChI=1S/C19H14F2N4O2S/c1-9-13(11-5-3-4-8-25(11)24-9)19-23-16(17(28-19)18(22)26)14-12(27-2)7-6-10(20)15(14)21/h3-8H,1-2H3,(H2,22,26). The van der Waals surface area contributed by atoms with Crippen LogP contribution in [-0.4, -0.2) is 27.6 Å². The van der Waals surface area contributed by atoms with Crippen molar-refractivity contribution < 1.29 is 18.3 Å². The van der Waals surface area contributed by atoms with Crippen LogP contribution in [0.25, 0.3) is 27.3 Å². The molecule has 4 rings (SSSR count). The molecule has 0 radical (unpaired) electrons. The van der Waals surface area contributed by atoms with Gasteiger partial charge >= 0.3 is 0 Å². The Morgan fingerprint density at radius 3 is 2.71 bits per heavy atom. The van der Waals surface area contributed by atoms with E-state index in [1.54, 1.807) is 17.6 Å². The second-order valence-corrected chi connectivity index (χ2v) is 6.99. The Morgan fingerprint density at radius 1 is 1.21 bits per heavy atom. The number of aromatic nitrogens is 3. The van der Waals surface area contributed by atoms with Gasteiger partial charge in [0.05, 0.1) is 29.4 Å². The van der Waals surface area contributed by atoms with Gasteiger partial charge in [-0.2, -0.15) is 5.10 Å². The van der Waals surface area contributed by atoms with Crippen molar-refractivity contribution in [2.45, 2.75) is 6.92 Å². The molecule has 142 valence electrons. The molecular formula is C19H14F2N4O2S. The Balaban J connectivity index is 2.02. The summed E-state index contributed by atoms with van der Waals surface area (Å²) in [5.74, 6) is -2.98. The number of hydrogen-bond acceptors (Lipinski definition) is 5. The first-order valence-corrected chi connectivity index (χ1v) is 9.01. The number of fused-ring (bicyclic) bond motifs is 1. The predicted octanol–water partition coefficient (Wildman–Crippen LogP) is 3.82. The number of nitrogens with two attached hydrogens (primary N) is 1. The van der Waals surface area contributed by atoms with Gasteiger partial charge in [0.15, 0.2) is 11.6 Å². The maximum atomic E-state index is 14.6. The van der Waals surface area contributed by atoms with Crippen LogP contribution in [0.4, 0.5) is 8.78 Å². The number of methoxy groups -OCH3 is 1. The lowest BCUT2D eigenvalue weighted by Crippen LogP contribution is -2.11. The molecule has 0 unspecified atom stereocenters. The summed E-state index contributed by atoms with van der Waals surface area (Å²) in [5.41, 5.74) is 7.33. The second kappa shape index (κ2) is 6.68. The Bertz CT molecular complexity index is 1230. The minimum absolute atomic E-state index is 0.00693. The summed E-state index contributed by atoms with van der Waals surface area (Å²) in [5, 5.41) is 4.84. The van der Waals surface area contributed by atoms with Crippen LogP contribution in [0, 0.1) is 18.6 Å². The van der Waals surface area contributed by atoms with Crippen LogP contribution in [-0.2, 0) is 0 Å². The molecule has 28 heavy (non-hydrogen) atoms. The number of halogens is 2. The molecule has 6 nitrogen and oxygen atoms in total. The van der Waals surface area contributed by atoms with Crippen molar-refractivity contribution in [3.63, 3.8) is 0 Å². The lowest BCUT2D eigenvalue weighted by molar-refractivity contribution is 0.100. The fourth-order valence-electron chi connectivity index (χ4n) is 3.07. The highest BCUT2D eigenvalue weighted by Crippen LogP contribution is 2.41. The molecule has 0 fully saturated rings. The van der Waals surface area contributed by atoms with Crippen molar-refractivity contribution >= 4 is 22.8 Å². The molecule has 9 heteroatoms. The maximum Gasteiger partial charge on any atom is 0.261 e. The molecule has 3 heterocycles. The minimum atomic E-state index is -1.16. The zero-order valence-electron chi connectivity index (χ0n) is 14.9. The number of nitrogens with zero attached hydrogens (tertiary/aromatic N) is 3. The highest BCUT2D eigenvalue weighted by molar-refractivity contribution is 7.17. The van der Waals surface area contributed by atoms with Crippen molar-refractivity contribution in [1.29, 1.82) is 0 Å². The van der Waals surface area contributed by atoms with Gasteiger partial charge in [-0.3, -0.25) is 4.79 Å². The van der Waals surface area contributed by atoms with Gasteiger partial charge in [0.25, 0.3) is 5.91 Å². The zero-order chi connectivity index (χ0) is 20.0. The molecule has 0 aliphatic carbocycles. The fraction of sp³-hybridized carbons (Fsp3) is 0.105. The molecule has 0 bridgehead atoms. The van der Waals surface area contributed by atoms with Crippen LogP contribution in [0.1, 0.15) is 15.4 Å². The summed E-state index contributed by atoms with van der Waals surface area (Å²) in [6.07, 6.45) is 1.78. The van der Waals surface area contributed by atoms with Gasteiger partial charge in [0.1, 0.15) is 21.3 Å². The van der Waals surface area contributed by atoms with E-state index in [0.29, 0.717) is 16.3 Å². The van der Waals surface area contributed by atoms with Gasteiger partial charge in [-0.1, -0.05) is 6.07 Å². The largest absolute Gasteiger partial charge is 0.496 e. The third-order valence-electron chi connectivity index (χ3n) is 4.29. The highest BCUT2D eigenvalue weighted by Gasteiger charge is 2.27. The molecule has 0 spiro atoms. The van der Waals surface area contributed by atoms with E-state index >= 15 is 0 Å². The molecule has 0 aliphatic heterocycles. The molecule has 0 aliphatic rings. The number of aryl methyl sites for hydroxylation is 1. The van der Waals surface area contributed by atoms with Crippen LogP contribution < -0.4 is 10.5 Å². The van der Waals surface area contributed by atoms with Gasteiger partial charge in [-0.05, 0) is 31.2 Å². The molecule has 2 N–H and O–H groups in total. The number of benzene rings is 1. The van der Waals surface area contributed by atoms with E-state index in [0.717, 1.165) is 22.9 Å². The van der Waals surface area contributed by atoms with Gasteiger partial charge in [0.2, 0.25) is 0 Å². The highest BCUT2D eigenvalue weighted by atomic mass is 32.1. The van der Waals surface area contributed by atoms with E-state index < -0.39 is 17.5 Å². The summed E-state index contributed by atoms with van der Waals surface area (Å²) >= 11 is 0.999. The summed E-state index contributed by atoms with van der Waals surface area (Å²) in [4.78, 5) is 16.5. The fourth-order valence-corrected chi connectivity index (χ4v) is 4.10. The molecule has 3 aromatic heterocycles. The molecule has 0 atom stereocenters. The molecule has 4 aromatic rings. The Labute approximate surface area is 162 Å². The Kier molecular flexibility index (Phi) is 4.31. The number of carbonyl (C=O) groups is 1. The second-order valence-electron chi connectivity index (χ2n) is 5.99. The third-order valence-corrected chi connectivity index (χ3v) is 5.38. The Morgan fingerprint density at radius 2 is 2.00 bits per heavy atom. The van der Waals surface area contributed by atoms with Crippen molar-refractivity contribution in [2.75, 3.05) is 7.11 Å². The predicted molar refractivity (Wildman–Crippen MR) is 101 cm³/mol. The van der Waals surface area contributed by atoms with E-state index in [1.807, 2.05) is 18.2 Å². The molecule has 1 amide bonds. The number of thiazole rings is 1. The lowest BCUT2D eigenvalue weighted by atomic mass is 10.1. The molecular weight excluding hydrogens is 386 g/mol. The Hall–Kier alpha value is -3.33. The number of amides is 1. The van der Waals surface area contributed by atoms with E-state index in [1.165, 1.54) is 13.2 Å². The normalized spacial score (nSPS) is 11.1. The van der Waals surface area contributed by atoms with Crippen LogP contribution in [0.15, 0.2) is 36.5 Å². The number of carbonyl (C=O) groups excluding carboxylic acids is 1. The number of ether oxygens (including phenoxy) is 1. The number of primary amides is 1. The number of pyridine rings is 1. The zero-order valence-corrected chi connectivity index (χ0v) is 15.7. The lowest BCUT2D eigenvalue weighted by Gasteiger charge is -2.09. The quantitative estimate of drug-likeness (QED) is 0.565. The van der Waals surface area contributed by atoms with Gasteiger partial charge in [-0.15, -0.1) is 11.3 Å². The van der Waals surface area contributed by atoms with Gasteiger partial charge < -0.3 is 10.5 Å². The SMILES string of the molecule is COc1ccc(F)c(F)c1-c1nc(-c2c(C)nn3ccccc23)sc1C(N)=O. The van der Waals surface area contributed by atoms with Crippen molar-refractivity contribution in [3.8, 4) is 27.6 Å². The topological polar surface area (TPSA) is 82.5 Å². The van der Waals surface area contributed by atoms with Crippen LogP contribution in [0.2, 0.25) is 0 Å². The van der Waals surface area contributed by atoms with Crippen LogP contribution >= 0.6 is 11.3 Å². The van der Waals surface area contributed by atoms with E-state index in [2.05, 4.69) is 10.1 Å². The summed E-state index contributed by atoms with van der Waals surface area (Å²) in [6, 6.07) is 7.75. The molecule has 0 saturated heterocycles. The first-order chi connectivity index (χ1) is 13.4. The number of rotatable bonds is 4. The first-order valence-electron chi connectivity index (χ1n) is 8.19. The van der Waals surface area contributed by atoms with E-state index in [-0.39, 0.29) is 21.9 Å². The van der Waals surface area contributed by atoms with Crippen molar-refractivity contribution in [2.24, 2.45) is 5.73 Å². The molecule has 0 saturated carbocycles. The third kappa shape index (κ3) is 2.71. The average Bonchev–Trinajstić information content (AvgIpc) is 3.23. The van der Waals surface area contributed by atoms with Crippen LogP contribution in [0.3, 0.4) is 0 Å². The van der Waals surface area contributed by atoms with Gasteiger partial charge in [-0.25, -0.2) is 18.3 Å². The molecule has 1 aromatic carbocycles. The number of hydrogen-bond donors (Lipinski definition) is 1. The van der Waals surface area contributed by atoms with E-state index in [9.17, 15) is 13.6 Å². The summed E-state index contributed by atoms with van der Waals surface area (Å²) in [6.45, 7) is 1.80. The summed E-state index contributed by atoms with van der Waals surface area (Å²) in [7, 11) is 1.32. The monoisotopic (exact) mass is 400 g/mol. The van der Waals surface area contributed by atoms with Crippen molar-refractivity contribution in [3.05, 3.63) is 58.7 Å². The smallest absolute Gasteiger partial charge is 0.261 e. The minimum Gasteiger partial charge on any atom is -0.496 e.